The number of oxazole rings is 1. The number of rotatable bonds is 8. The Labute approximate surface area is 250 Å². The van der Waals surface area contributed by atoms with Crippen molar-refractivity contribution < 1.29 is 32.7 Å². The highest BCUT2D eigenvalue weighted by Gasteiger charge is 2.40. The normalized spacial score (nSPS) is 12.7. The van der Waals surface area contributed by atoms with Gasteiger partial charge in [-0.25, -0.2) is 19.0 Å². The van der Waals surface area contributed by atoms with Crippen LogP contribution in [0.4, 0.5) is 10.1 Å². The van der Waals surface area contributed by atoms with Crippen molar-refractivity contribution in [3.8, 4) is 33.9 Å². The highest BCUT2D eigenvalue weighted by molar-refractivity contribution is 6.14. The summed E-state index contributed by atoms with van der Waals surface area (Å²) in [6, 6.07) is 19.3. The molecule has 3 aromatic carbocycles. The second-order valence-corrected chi connectivity index (χ2v) is 10.1. The van der Waals surface area contributed by atoms with Gasteiger partial charge in [0, 0.05) is 41.4 Å². The van der Waals surface area contributed by atoms with E-state index < -0.39 is 28.7 Å². The van der Waals surface area contributed by atoms with Gasteiger partial charge in [-0.1, -0.05) is 12.1 Å². The molecule has 6 rings (SSSR count). The molecule has 0 saturated heterocycles. The van der Waals surface area contributed by atoms with Crippen molar-refractivity contribution >= 4 is 46.1 Å². The summed E-state index contributed by atoms with van der Waals surface area (Å²) < 4.78 is 25.0. The highest BCUT2D eigenvalue weighted by atomic mass is 19.1. The zero-order valence-corrected chi connectivity index (χ0v) is 23.7. The predicted octanol–water partition coefficient (Wildman–Crippen LogP) is 5.47. The Hall–Kier alpha value is -5.52. The summed E-state index contributed by atoms with van der Waals surface area (Å²) in [6.07, 6.45) is 2.09. The number of benzene rings is 3. The summed E-state index contributed by atoms with van der Waals surface area (Å²) in [5.41, 5.74) is 3.64. The summed E-state index contributed by atoms with van der Waals surface area (Å²) in [4.78, 5) is 47.8. The van der Waals surface area contributed by atoms with Crippen molar-refractivity contribution in [1.29, 1.82) is 0 Å². The second kappa shape index (κ2) is 11.3. The van der Waals surface area contributed by atoms with E-state index in [2.05, 4.69) is 15.3 Å². The van der Waals surface area contributed by atoms with Gasteiger partial charge in [0.1, 0.15) is 23.7 Å². The SMILES string of the molecule is CNC(=O)c1c(-c2ccc(F)cc2)oc2cc([N+](C=O)(CCO)C(C)=O)c(-c3cccc(-c4nc5ncccc5o4)c3)cc12. The number of imide groups is 1. The number of hydrogen-bond acceptors (Lipinski definition) is 8. The second-order valence-electron chi connectivity index (χ2n) is 10.1. The fraction of sp³-hybridized carbons (Fsp3) is 0.121. The van der Waals surface area contributed by atoms with E-state index in [4.69, 9.17) is 8.83 Å². The van der Waals surface area contributed by atoms with Gasteiger partial charge in [-0.15, -0.1) is 0 Å². The van der Waals surface area contributed by atoms with E-state index in [1.807, 2.05) is 0 Å². The lowest BCUT2D eigenvalue weighted by molar-refractivity contribution is -0.136. The van der Waals surface area contributed by atoms with Crippen LogP contribution < -0.4 is 9.80 Å². The molecule has 0 bridgehead atoms. The van der Waals surface area contributed by atoms with Crippen LogP contribution in [0.3, 0.4) is 0 Å². The minimum Gasteiger partial charge on any atom is -0.455 e. The first kappa shape index (κ1) is 28.6. The molecule has 10 nitrogen and oxygen atoms in total. The molecular formula is C33H26FN4O6+. The number of nitrogens with one attached hydrogen (secondary N) is 1. The number of carbonyl (C=O) groups excluding carboxylic acids is 3. The molecule has 6 aromatic rings. The van der Waals surface area contributed by atoms with Crippen LogP contribution in [-0.4, -0.2) is 53.5 Å². The van der Waals surface area contributed by atoms with Gasteiger partial charge in [-0.05, 0) is 60.2 Å². The molecule has 0 saturated carbocycles. The van der Waals surface area contributed by atoms with Crippen LogP contribution in [0.25, 0.3) is 56.1 Å². The van der Waals surface area contributed by atoms with Gasteiger partial charge in [0.05, 0.1) is 19.1 Å². The minimum atomic E-state index is -0.847. The molecule has 0 fully saturated rings. The minimum absolute atomic E-state index is 0.185. The molecule has 3 amide bonds. The van der Waals surface area contributed by atoms with Crippen molar-refractivity contribution in [3.05, 3.63) is 90.4 Å². The molecular weight excluding hydrogens is 567 g/mol. The van der Waals surface area contributed by atoms with E-state index >= 15 is 0 Å². The fourth-order valence-corrected chi connectivity index (χ4v) is 5.35. The molecule has 3 heterocycles. The van der Waals surface area contributed by atoms with E-state index in [1.165, 1.54) is 44.3 Å². The average molecular weight is 594 g/mol. The van der Waals surface area contributed by atoms with E-state index in [9.17, 15) is 23.9 Å². The maximum atomic E-state index is 13.7. The first-order chi connectivity index (χ1) is 21.3. The van der Waals surface area contributed by atoms with E-state index in [-0.39, 0.29) is 29.1 Å². The molecule has 0 aliphatic rings. The summed E-state index contributed by atoms with van der Waals surface area (Å²) in [5.74, 6) is -0.942. The summed E-state index contributed by atoms with van der Waals surface area (Å²) in [7, 11) is 1.48. The Kier molecular flexibility index (Phi) is 7.33. The van der Waals surface area contributed by atoms with Gasteiger partial charge in [-0.3, -0.25) is 4.79 Å². The zero-order chi connectivity index (χ0) is 31.0. The lowest BCUT2D eigenvalue weighted by Gasteiger charge is -2.29. The number of aromatic nitrogens is 2. The van der Waals surface area contributed by atoms with Gasteiger partial charge in [0.15, 0.2) is 16.9 Å². The molecule has 1 atom stereocenters. The molecule has 0 aliphatic heterocycles. The number of quaternary nitrogens is 1. The third-order valence-electron chi connectivity index (χ3n) is 7.58. The Morgan fingerprint density at radius 2 is 1.75 bits per heavy atom. The molecule has 11 heteroatoms. The molecule has 220 valence electrons. The predicted molar refractivity (Wildman–Crippen MR) is 162 cm³/mol. The topological polar surface area (TPSA) is 136 Å². The van der Waals surface area contributed by atoms with Crippen LogP contribution in [0.5, 0.6) is 0 Å². The molecule has 0 aliphatic carbocycles. The van der Waals surface area contributed by atoms with E-state index in [0.717, 1.165) is 0 Å². The third kappa shape index (κ3) is 4.74. The van der Waals surface area contributed by atoms with Crippen molar-refractivity contribution in [2.75, 3.05) is 20.2 Å². The number of nitrogens with zero attached hydrogens (tertiary/aromatic N) is 3. The Bertz CT molecular complexity index is 2030. The molecule has 0 radical (unpaired) electrons. The van der Waals surface area contributed by atoms with Crippen LogP contribution >= 0.6 is 0 Å². The first-order valence-electron chi connectivity index (χ1n) is 13.7. The quantitative estimate of drug-likeness (QED) is 0.175. The van der Waals surface area contributed by atoms with Gasteiger partial charge < -0.3 is 19.3 Å². The Morgan fingerprint density at radius 1 is 0.977 bits per heavy atom. The summed E-state index contributed by atoms with van der Waals surface area (Å²) >= 11 is 0. The Balaban J connectivity index is 1.66. The number of aliphatic hydroxyl groups is 1. The van der Waals surface area contributed by atoms with Gasteiger partial charge >= 0.3 is 12.3 Å². The van der Waals surface area contributed by atoms with Crippen LogP contribution in [0.15, 0.2) is 87.8 Å². The standard InChI is InChI=1S/C33H25FN4O6/c1-19(41)38(18-40,13-14-39)26-17-28-25(29(32(42)35-2)30(43-28)20-8-10-23(34)11-9-20)16-24(26)21-5-3-6-22(15-21)33-37-31-27(44-33)7-4-12-36-31/h3-12,15-18,39H,13-14H2,1-2H3/p+1. The molecule has 44 heavy (non-hydrogen) atoms. The lowest BCUT2D eigenvalue weighted by Crippen LogP contribution is -2.54. The first-order valence-corrected chi connectivity index (χ1v) is 13.7. The number of fused-ring (bicyclic) bond motifs is 2. The number of aliphatic hydroxyl groups excluding tert-OH is 1. The number of carbonyl (C=O) groups is 3. The van der Waals surface area contributed by atoms with Crippen LogP contribution in [0.1, 0.15) is 17.3 Å². The molecule has 0 spiro atoms. The van der Waals surface area contributed by atoms with E-state index in [1.54, 1.807) is 48.7 Å². The van der Waals surface area contributed by atoms with Gasteiger partial charge in [0.2, 0.25) is 5.89 Å². The Morgan fingerprint density at radius 3 is 2.43 bits per heavy atom. The van der Waals surface area contributed by atoms with Crippen LogP contribution in [0, 0.1) is 5.82 Å². The van der Waals surface area contributed by atoms with Crippen molar-refractivity contribution in [3.63, 3.8) is 0 Å². The smallest absolute Gasteiger partial charge is 0.322 e. The van der Waals surface area contributed by atoms with Gasteiger partial charge in [-0.2, -0.15) is 9.47 Å². The average Bonchev–Trinajstić information content (AvgIpc) is 3.65. The maximum absolute atomic E-state index is 13.7. The van der Waals surface area contributed by atoms with Crippen LogP contribution in [0.2, 0.25) is 0 Å². The molecule has 2 N–H and O–H groups in total. The van der Waals surface area contributed by atoms with E-state index in [0.29, 0.717) is 51.2 Å². The fourth-order valence-electron chi connectivity index (χ4n) is 5.35. The molecule has 3 aromatic heterocycles. The summed E-state index contributed by atoms with van der Waals surface area (Å²) in [6.45, 7) is 0.567. The largest absolute Gasteiger partial charge is 0.455 e. The number of pyridine rings is 1. The third-order valence-corrected chi connectivity index (χ3v) is 7.58. The van der Waals surface area contributed by atoms with Crippen molar-refractivity contribution in [2.24, 2.45) is 0 Å². The van der Waals surface area contributed by atoms with Crippen molar-refractivity contribution in [2.45, 2.75) is 6.92 Å². The number of amides is 3. The monoisotopic (exact) mass is 593 g/mol. The maximum Gasteiger partial charge on any atom is 0.322 e. The highest BCUT2D eigenvalue weighted by Crippen LogP contribution is 2.43. The van der Waals surface area contributed by atoms with Crippen LogP contribution in [-0.2, 0) is 9.59 Å². The van der Waals surface area contributed by atoms with Gasteiger partial charge in [0.25, 0.3) is 5.91 Å². The number of halogens is 1. The summed E-state index contributed by atoms with van der Waals surface area (Å²) in [5, 5.41) is 13.0. The number of hydrogen-bond donors (Lipinski definition) is 2. The zero-order valence-electron chi connectivity index (χ0n) is 23.7. The lowest BCUT2D eigenvalue weighted by atomic mass is 9.96. The van der Waals surface area contributed by atoms with Crippen molar-refractivity contribution in [1.82, 2.24) is 19.8 Å². The molecule has 1 unspecified atom stereocenters. The number of furan rings is 1.